The van der Waals surface area contributed by atoms with Crippen LogP contribution < -0.4 is 5.73 Å². The molecule has 1 amide bonds. The van der Waals surface area contributed by atoms with Gasteiger partial charge in [0.1, 0.15) is 6.04 Å². The number of carbonyl (C=O) groups is 1. The summed E-state index contributed by atoms with van der Waals surface area (Å²) >= 11 is 12.3. The average molecular weight is 400 g/mol. The molecule has 0 bridgehead atoms. The Morgan fingerprint density at radius 1 is 1.11 bits per heavy atom. The number of halogens is 2. The van der Waals surface area contributed by atoms with E-state index in [1.54, 1.807) is 12.1 Å². The highest BCUT2D eigenvalue weighted by Crippen LogP contribution is 2.41. The van der Waals surface area contributed by atoms with E-state index in [-0.39, 0.29) is 6.42 Å². The van der Waals surface area contributed by atoms with Crippen molar-refractivity contribution in [2.24, 2.45) is 10.7 Å². The summed E-state index contributed by atoms with van der Waals surface area (Å²) in [5.41, 5.74) is 10.3. The Morgan fingerprint density at radius 3 is 2.52 bits per heavy atom. The predicted molar refractivity (Wildman–Crippen MR) is 105 cm³/mol. The van der Waals surface area contributed by atoms with Crippen molar-refractivity contribution in [2.45, 2.75) is 19.4 Å². The quantitative estimate of drug-likeness (QED) is 0.691. The van der Waals surface area contributed by atoms with Crippen LogP contribution in [0.5, 0.6) is 0 Å². The highest BCUT2D eigenvalue weighted by atomic mass is 35.5. The van der Waals surface area contributed by atoms with Crippen molar-refractivity contribution >= 4 is 34.8 Å². The molecule has 0 spiro atoms. The molecular weight excluding hydrogens is 385 g/mol. The van der Waals surface area contributed by atoms with Gasteiger partial charge in [0, 0.05) is 21.2 Å². The minimum Gasteiger partial charge on any atom is -0.370 e. The fraction of sp³-hybridized carbons (Fsp3) is 0.150. The van der Waals surface area contributed by atoms with E-state index < -0.39 is 11.9 Å². The molecule has 27 heavy (non-hydrogen) atoms. The predicted octanol–water partition coefficient (Wildman–Crippen LogP) is 4.72. The second-order valence-corrected chi connectivity index (χ2v) is 7.24. The normalized spacial score (nSPS) is 15.5. The highest BCUT2D eigenvalue weighted by molar-refractivity contribution is 6.32. The minimum atomic E-state index is -0.574. The van der Waals surface area contributed by atoms with Gasteiger partial charge in [-0.3, -0.25) is 9.79 Å². The third-order valence-corrected chi connectivity index (χ3v) is 4.98. The average Bonchev–Trinajstić information content (AvgIpc) is 2.94. The second kappa shape index (κ2) is 6.83. The molecular formula is C20H15Cl2N3O2. The zero-order valence-corrected chi connectivity index (χ0v) is 15.9. The molecule has 0 fully saturated rings. The largest absolute Gasteiger partial charge is 0.370 e. The van der Waals surface area contributed by atoms with Crippen molar-refractivity contribution in [3.8, 4) is 11.1 Å². The summed E-state index contributed by atoms with van der Waals surface area (Å²) in [5, 5.41) is 5.29. The first-order valence-electron chi connectivity index (χ1n) is 8.32. The van der Waals surface area contributed by atoms with Gasteiger partial charge in [-0.2, -0.15) is 0 Å². The van der Waals surface area contributed by atoms with E-state index in [9.17, 15) is 4.79 Å². The summed E-state index contributed by atoms with van der Waals surface area (Å²) in [6.45, 7) is 1.86. The maximum absolute atomic E-state index is 11.7. The van der Waals surface area contributed by atoms with Crippen molar-refractivity contribution in [3.05, 3.63) is 75.1 Å². The first kappa shape index (κ1) is 17.8. The Labute approximate surface area is 165 Å². The second-order valence-electron chi connectivity index (χ2n) is 6.37. The van der Waals surface area contributed by atoms with Crippen LogP contribution in [-0.2, 0) is 4.79 Å². The third-order valence-electron chi connectivity index (χ3n) is 4.49. The van der Waals surface area contributed by atoms with Gasteiger partial charge in [0.15, 0.2) is 5.76 Å². The lowest BCUT2D eigenvalue weighted by molar-refractivity contribution is -0.118. The van der Waals surface area contributed by atoms with E-state index in [2.05, 4.69) is 5.16 Å². The van der Waals surface area contributed by atoms with Gasteiger partial charge in [-0.25, -0.2) is 0 Å². The van der Waals surface area contributed by atoms with Gasteiger partial charge in [0.2, 0.25) is 5.91 Å². The van der Waals surface area contributed by atoms with Gasteiger partial charge in [0.25, 0.3) is 0 Å². The fourth-order valence-electron chi connectivity index (χ4n) is 3.32. The number of fused-ring (bicyclic) bond motifs is 3. The molecule has 0 radical (unpaired) electrons. The topological polar surface area (TPSA) is 81.5 Å². The van der Waals surface area contributed by atoms with E-state index in [0.717, 1.165) is 27.9 Å². The Morgan fingerprint density at radius 2 is 1.81 bits per heavy atom. The van der Waals surface area contributed by atoms with Crippen LogP contribution in [0.15, 0.2) is 52.0 Å². The first-order valence-corrected chi connectivity index (χ1v) is 9.08. The maximum atomic E-state index is 11.7. The number of hydrogen-bond acceptors (Lipinski definition) is 4. The van der Waals surface area contributed by atoms with Crippen LogP contribution in [0.3, 0.4) is 0 Å². The fourth-order valence-corrected chi connectivity index (χ4v) is 3.62. The number of aromatic nitrogens is 1. The molecule has 3 aromatic rings. The smallest absolute Gasteiger partial charge is 0.220 e. The summed E-state index contributed by atoms with van der Waals surface area (Å²) in [6.07, 6.45) is 0.0143. The number of carbonyl (C=O) groups excluding carboxylic acids is 1. The molecule has 2 heterocycles. The van der Waals surface area contributed by atoms with Crippen LogP contribution in [0.2, 0.25) is 10.0 Å². The van der Waals surface area contributed by atoms with E-state index in [4.69, 9.17) is 38.5 Å². The molecule has 7 heteroatoms. The van der Waals surface area contributed by atoms with Gasteiger partial charge < -0.3 is 10.3 Å². The SMILES string of the molecule is Cc1noc2c1-c1ccc(Cl)cc1C(c1ccc(Cl)cc1)=NC2CC(N)=O. The molecule has 0 saturated carbocycles. The van der Waals surface area contributed by atoms with E-state index >= 15 is 0 Å². The molecule has 1 aliphatic rings. The Bertz CT molecular complexity index is 1070. The van der Waals surface area contributed by atoms with Crippen LogP contribution in [0.4, 0.5) is 0 Å². The highest BCUT2D eigenvalue weighted by Gasteiger charge is 2.31. The molecule has 5 nitrogen and oxygen atoms in total. The number of aryl methyl sites for hydroxylation is 1. The van der Waals surface area contributed by atoms with Crippen molar-refractivity contribution < 1.29 is 9.32 Å². The molecule has 0 aliphatic carbocycles. The Balaban J connectivity index is 2.02. The Hall–Kier alpha value is -2.63. The van der Waals surface area contributed by atoms with Crippen molar-refractivity contribution in [3.63, 3.8) is 0 Å². The van der Waals surface area contributed by atoms with Crippen LogP contribution in [-0.4, -0.2) is 16.8 Å². The van der Waals surface area contributed by atoms with Crippen molar-refractivity contribution in [2.75, 3.05) is 0 Å². The summed E-state index contributed by atoms with van der Waals surface area (Å²) in [5.74, 6) is 0.0574. The lowest BCUT2D eigenvalue weighted by atomic mass is 9.93. The Kier molecular flexibility index (Phi) is 4.50. The van der Waals surface area contributed by atoms with Crippen LogP contribution >= 0.6 is 23.2 Å². The van der Waals surface area contributed by atoms with Crippen LogP contribution in [0.1, 0.15) is 35.0 Å². The van der Waals surface area contributed by atoms with Gasteiger partial charge in [-0.05, 0) is 36.8 Å². The van der Waals surface area contributed by atoms with Crippen molar-refractivity contribution in [1.29, 1.82) is 0 Å². The number of aliphatic imine (C=N–C) groups is 1. The van der Waals surface area contributed by atoms with Gasteiger partial charge >= 0.3 is 0 Å². The number of hydrogen-bond donors (Lipinski definition) is 1. The molecule has 136 valence electrons. The lowest BCUT2D eigenvalue weighted by Crippen LogP contribution is -2.15. The molecule has 1 aromatic heterocycles. The summed E-state index contributed by atoms with van der Waals surface area (Å²) < 4.78 is 5.55. The monoisotopic (exact) mass is 399 g/mol. The van der Waals surface area contributed by atoms with Crippen molar-refractivity contribution in [1.82, 2.24) is 5.16 Å². The molecule has 1 unspecified atom stereocenters. The summed E-state index contributed by atoms with van der Waals surface area (Å²) in [4.78, 5) is 16.5. The summed E-state index contributed by atoms with van der Waals surface area (Å²) in [7, 11) is 0. The molecule has 4 rings (SSSR count). The molecule has 0 saturated heterocycles. The van der Waals surface area contributed by atoms with Gasteiger partial charge in [-0.15, -0.1) is 0 Å². The molecule has 2 aromatic carbocycles. The standard InChI is InChI=1S/C20H15Cl2N3O2/c1-10-18-14-7-6-13(22)8-15(14)19(11-2-4-12(21)5-3-11)24-16(9-17(23)26)20(18)27-25-10/h2-8,16H,9H2,1H3,(H2,23,26). The number of primary amides is 1. The molecule has 2 N–H and O–H groups in total. The number of nitrogens with zero attached hydrogens (tertiary/aromatic N) is 2. The minimum absolute atomic E-state index is 0.0143. The first-order chi connectivity index (χ1) is 12.9. The van der Waals surface area contributed by atoms with Gasteiger partial charge in [-0.1, -0.05) is 46.6 Å². The van der Waals surface area contributed by atoms with E-state index in [1.165, 1.54) is 0 Å². The number of amides is 1. The number of nitrogens with two attached hydrogens (primary N) is 1. The number of rotatable bonds is 3. The maximum Gasteiger partial charge on any atom is 0.220 e. The van der Waals surface area contributed by atoms with E-state index in [1.807, 2.05) is 37.3 Å². The molecule has 1 atom stereocenters. The number of benzene rings is 2. The van der Waals surface area contributed by atoms with Crippen LogP contribution in [0, 0.1) is 6.92 Å². The lowest BCUT2D eigenvalue weighted by Gasteiger charge is -2.12. The van der Waals surface area contributed by atoms with Crippen LogP contribution in [0.25, 0.3) is 11.1 Å². The third kappa shape index (κ3) is 3.24. The van der Waals surface area contributed by atoms with E-state index in [0.29, 0.717) is 21.5 Å². The van der Waals surface area contributed by atoms with Gasteiger partial charge in [0.05, 0.1) is 23.4 Å². The zero-order valence-electron chi connectivity index (χ0n) is 14.4. The zero-order chi connectivity index (χ0) is 19.1. The summed E-state index contributed by atoms with van der Waals surface area (Å²) in [6, 6.07) is 12.4. The molecule has 1 aliphatic heterocycles.